The first-order chi connectivity index (χ1) is 24.8. The number of benzene rings is 10. The molecule has 0 N–H and O–H groups in total. The van der Waals surface area contributed by atoms with Crippen LogP contribution in [0.2, 0.25) is 0 Å². The molecule has 0 aromatic heterocycles. The van der Waals surface area contributed by atoms with Gasteiger partial charge in [0.25, 0.3) is 0 Å². The van der Waals surface area contributed by atoms with Gasteiger partial charge in [0, 0.05) is 0 Å². The number of hydrogen-bond acceptors (Lipinski definition) is 0. The second-order valence-corrected chi connectivity index (χ2v) is 13.3. The number of fused-ring (bicyclic) bond motifs is 5. The van der Waals surface area contributed by atoms with Crippen LogP contribution < -0.4 is 0 Å². The van der Waals surface area contributed by atoms with Crippen LogP contribution in [0.25, 0.3) is 98.4 Å². The van der Waals surface area contributed by atoms with E-state index in [1.54, 1.807) is 0 Å². The molecule has 0 amide bonds. The second kappa shape index (κ2) is 11.6. The van der Waals surface area contributed by atoms with Gasteiger partial charge in [0.1, 0.15) is 0 Å². The van der Waals surface area contributed by atoms with Crippen LogP contribution in [-0.2, 0) is 0 Å². The van der Waals surface area contributed by atoms with Gasteiger partial charge in [0.05, 0.1) is 0 Å². The molecule has 0 bridgehead atoms. The van der Waals surface area contributed by atoms with Crippen LogP contribution >= 0.6 is 0 Å². The lowest BCUT2D eigenvalue weighted by atomic mass is 9.82. The largest absolute Gasteiger partial charge is 0.0616 e. The standard InChI is InChI=1S/C50H32/c1-3-15-36-30-38(26-24-33(36)12-1)39-28-29-47-48(32-39)50(44-20-8-7-19-43(44)42-23-11-17-35-14-5-6-18-41(35)42)46-22-10-9-21-45(46)49(47)40-27-25-34-13-2-4-16-37(34)31-40/h1-32H. The average molecular weight is 633 g/mol. The highest BCUT2D eigenvalue weighted by Gasteiger charge is 2.20. The van der Waals surface area contributed by atoms with Crippen molar-refractivity contribution in [2.24, 2.45) is 0 Å². The topological polar surface area (TPSA) is 0 Å². The first-order valence-electron chi connectivity index (χ1n) is 17.3. The zero-order chi connectivity index (χ0) is 33.0. The predicted molar refractivity (Wildman–Crippen MR) is 216 cm³/mol. The van der Waals surface area contributed by atoms with Crippen LogP contribution in [-0.4, -0.2) is 0 Å². The summed E-state index contributed by atoms with van der Waals surface area (Å²) < 4.78 is 0. The molecule has 10 rings (SSSR count). The van der Waals surface area contributed by atoms with Crippen molar-refractivity contribution in [2.75, 3.05) is 0 Å². The van der Waals surface area contributed by atoms with Gasteiger partial charge in [-0.25, -0.2) is 0 Å². The molecule has 0 radical (unpaired) electrons. The van der Waals surface area contributed by atoms with Crippen LogP contribution in [0, 0.1) is 0 Å². The molecule has 10 aromatic rings. The van der Waals surface area contributed by atoms with Crippen LogP contribution in [0.15, 0.2) is 194 Å². The van der Waals surface area contributed by atoms with Gasteiger partial charge in [0.15, 0.2) is 0 Å². The van der Waals surface area contributed by atoms with Gasteiger partial charge in [0.2, 0.25) is 0 Å². The Hall–Kier alpha value is -6.50. The van der Waals surface area contributed by atoms with Crippen molar-refractivity contribution in [2.45, 2.75) is 0 Å². The normalized spacial score (nSPS) is 11.6. The molecule has 0 aliphatic rings. The van der Waals surface area contributed by atoms with Crippen molar-refractivity contribution in [1.29, 1.82) is 0 Å². The lowest BCUT2D eigenvalue weighted by molar-refractivity contribution is 1.62. The van der Waals surface area contributed by atoms with Crippen LogP contribution in [0.1, 0.15) is 0 Å². The van der Waals surface area contributed by atoms with Gasteiger partial charge in [-0.2, -0.15) is 0 Å². The van der Waals surface area contributed by atoms with Gasteiger partial charge in [-0.05, 0) is 117 Å². The zero-order valence-corrected chi connectivity index (χ0v) is 27.5. The molecule has 0 heteroatoms. The summed E-state index contributed by atoms with van der Waals surface area (Å²) in [6.07, 6.45) is 0. The molecule has 0 saturated carbocycles. The minimum absolute atomic E-state index is 1.21. The van der Waals surface area contributed by atoms with Crippen LogP contribution in [0.3, 0.4) is 0 Å². The summed E-state index contributed by atoms with van der Waals surface area (Å²) in [6, 6.07) is 71.5. The fourth-order valence-corrected chi connectivity index (χ4v) is 8.07. The molecule has 0 aliphatic carbocycles. The summed E-state index contributed by atoms with van der Waals surface area (Å²) >= 11 is 0. The van der Waals surface area contributed by atoms with Crippen molar-refractivity contribution in [3.05, 3.63) is 194 Å². The van der Waals surface area contributed by atoms with Gasteiger partial charge < -0.3 is 0 Å². The van der Waals surface area contributed by atoms with E-state index in [0.29, 0.717) is 0 Å². The molecular formula is C50H32. The Kier molecular flexibility index (Phi) is 6.60. The van der Waals surface area contributed by atoms with Crippen molar-refractivity contribution in [3.8, 4) is 44.5 Å². The highest BCUT2D eigenvalue weighted by Crippen LogP contribution is 2.48. The van der Waals surface area contributed by atoms with E-state index >= 15 is 0 Å². The third kappa shape index (κ3) is 4.61. The first-order valence-corrected chi connectivity index (χ1v) is 17.3. The summed E-state index contributed by atoms with van der Waals surface area (Å²) in [7, 11) is 0. The van der Waals surface area contributed by atoms with Gasteiger partial charge in [-0.15, -0.1) is 0 Å². The fourth-order valence-electron chi connectivity index (χ4n) is 8.07. The molecule has 0 aliphatic heterocycles. The van der Waals surface area contributed by atoms with Crippen LogP contribution in [0.4, 0.5) is 0 Å². The van der Waals surface area contributed by atoms with Gasteiger partial charge in [-0.1, -0.05) is 176 Å². The average Bonchev–Trinajstić information content (AvgIpc) is 3.19. The Balaban J connectivity index is 1.33. The smallest absolute Gasteiger partial charge is 0.00199 e. The Morgan fingerprint density at radius 3 is 1.40 bits per heavy atom. The van der Waals surface area contributed by atoms with Crippen molar-refractivity contribution in [1.82, 2.24) is 0 Å². The van der Waals surface area contributed by atoms with E-state index in [1.807, 2.05) is 0 Å². The summed E-state index contributed by atoms with van der Waals surface area (Å²) in [6.45, 7) is 0. The molecule has 0 nitrogen and oxygen atoms in total. The maximum Gasteiger partial charge on any atom is -0.00199 e. The molecule has 10 aromatic carbocycles. The van der Waals surface area contributed by atoms with Crippen molar-refractivity contribution >= 4 is 53.9 Å². The first kappa shape index (κ1) is 28.5. The van der Waals surface area contributed by atoms with Gasteiger partial charge >= 0.3 is 0 Å². The fraction of sp³-hybridized carbons (Fsp3) is 0. The van der Waals surface area contributed by atoms with E-state index in [9.17, 15) is 0 Å². The minimum atomic E-state index is 1.21. The van der Waals surface area contributed by atoms with Crippen LogP contribution in [0.5, 0.6) is 0 Å². The quantitative estimate of drug-likeness (QED) is 0.169. The van der Waals surface area contributed by atoms with E-state index in [-0.39, 0.29) is 0 Å². The lowest BCUT2D eigenvalue weighted by Gasteiger charge is -2.21. The zero-order valence-electron chi connectivity index (χ0n) is 27.5. The summed E-state index contributed by atoms with van der Waals surface area (Å²) in [5.41, 5.74) is 9.95. The predicted octanol–water partition coefficient (Wildman–Crippen LogP) is 14.1. The molecule has 0 unspecified atom stereocenters. The Labute approximate surface area is 291 Å². The van der Waals surface area contributed by atoms with E-state index in [2.05, 4.69) is 194 Å². The Morgan fingerprint density at radius 1 is 0.200 bits per heavy atom. The minimum Gasteiger partial charge on any atom is -0.0616 e. The highest BCUT2D eigenvalue weighted by molar-refractivity contribution is 6.23. The number of hydrogen-bond donors (Lipinski definition) is 0. The van der Waals surface area contributed by atoms with E-state index in [0.717, 1.165) is 0 Å². The van der Waals surface area contributed by atoms with Crippen molar-refractivity contribution in [3.63, 3.8) is 0 Å². The molecule has 0 saturated heterocycles. The third-order valence-electron chi connectivity index (χ3n) is 10.4. The third-order valence-corrected chi connectivity index (χ3v) is 10.4. The maximum absolute atomic E-state index is 2.44. The summed E-state index contributed by atoms with van der Waals surface area (Å²) in [5, 5.41) is 12.6. The molecule has 0 fully saturated rings. The van der Waals surface area contributed by atoms with E-state index in [4.69, 9.17) is 0 Å². The summed E-state index contributed by atoms with van der Waals surface area (Å²) in [5.74, 6) is 0. The molecule has 0 heterocycles. The molecular weight excluding hydrogens is 601 g/mol. The lowest BCUT2D eigenvalue weighted by Crippen LogP contribution is -1.94. The molecule has 50 heavy (non-hydrogen) atoms. The van der Waals surface area contributed by atoms with E-state index in [1.165, 1.54) is 98.4 Å². The molecule has 232 valence electrons. The van der Waals surface area contributed by atoms with Crippen molar-refractivity contribution < 1.29 is 0 Å². The SMILES string of the molecule is c1ccc(-c2c3ccccc3c(-c3ccc4ccccc4c3)c3ccc(-c4ccc5ccccc5c4)cc23)c(-c2cccc3ccccc23)c1. The molecule has 0 atom stereocenters. The monoisotopic (exact) mass is 632 g/mol. The molecule has 0 spiro atoms. The van der Waals surface area contributed by atoms with E-state index < -0.39 is 0 Å². The highest BCUT2D eigenvalue weighted by atomic mass is 14.2. The van der Waals surface area contributed by atoms with Gasteiger partial charge in [-0.3, -0.25) is 0 Å². The Bertz CT molecular complexity index is 2920. The second-order valence-electron chi connectivity index (χ2n) is 13.3. The summed E-state index contributed by atoms with van der Waals surface area (Å²) in [4.78, 5) is 0. The number of rotatable bonds is 4. The maximum atomic E-state index is 2.44. The Morgan fingerprint density at radius 2 is 0.660 bits per heavy atom.